The molecule has 15 heavy (non-hydrogen) atoms. The predicted octanol–water partition coefficient (Wildman–Crippen LogP) is 3.29. The fourth-order valence-corrected chi connectivity index (χ4v) is 1.59. The molecule has 0 radical (unpaired) electrons. The molecule has 1 aromatic carbocycles. The van der Waals surface area contributed by atoms with Gasteiger partial charge in [0.05, 0.1) is 6.04 Å². The van der Waals surface area contributed by atoms with Crippen LogP contribution in [-0.2, 0) is 0 Å². The van der Waals surface area contributed by atoms with E-state index in [9.17, 15) is 0 Å². The summed E-state index contributed by atoms with van der Waals surface area (Å²) in [6.45, 7) is 2.04. The Morgan fingerprint density at radius 1 is 1.13 bits per heavy atom. The summed E-state index contributed by atoms with van der Waals surface area (Å²) in [6.07, 6.45) is 0. The quantitative estimate of drug-likeness (QED) is 0.845. The van der Waals surface area contributed by atoms with Crippen LogP contribution < -0.4 is 5.73 Å². The lowest BCUT2D eigenvalue weighted by Crippen LogP contribution is -2.10. The zero-order valence-electron chi connectivity index (χ0n) is 8.41. The number of furan rings is 1. The van der Waals surface area contributed by atoms with Crippen LogP contribution in [0, 0.1) is 6.92 Å². The number of rotatable bonds is 2. The Kier molecular flexibility index (Phi) is 2.80. The minimum Gasteiger partial charge on any atom is -0.448 e. The summed E-state index contributed by atoms with van der Waals surface area (Å²) in [5.41, 5.74) is 8.26. The van der Waals surface area contributed by atoms with Gasteiger partial charge in [-0.15, -0.1) is 0 Å². The van der Waals surface area contributed by atoms with Crippen LogP contribution >= 0.6 is 11.6 Å². The van der Waals surface area contributed by atoms with Crippen molar-refractivity contribution in [2.75, 3.05) is 0 Å². The Hall–Kier alpha value is -1.25. The Morgan fingerprint density at radius 3 is 2.33 bits per heavy atom. The first kappa shape index (κ1) is 10.3. The summed E-state index contributed by atoms with van der Waals surface area (Å²) in [4.78, 5) is 0. The van der Waals surface area contributed by atoms with Gasteiger partial charge in [-0.25, -0.2) is 0 Å². The van der Waals surface area contributed by atoms with Gasteiger partial charge in [0.15, 0.2) is 5.22 Å². The summed E-state index contributed by atoms with van der Waals surface area (Å²) < 4.78 is 5.27. The molecule has 1 atom stereocenters. The molecular formula is C12H12ClNO. The van der Waals surface area contributed by atoms with E-state index in [0.29, 0.717) is 11.0 Å². The van der Waals surface area contributed by atoms with Crippen LogP contribution in [0.3, 0.4) is 0 Å². The maximum absolute atomic E-state index is 6.03. The Labute approximate surface area is 93.7 Å². The monoisotopic (exact) mass is 221 g/mol. The van der Waals surface area contributed by atoms with Crippen molar-refractivity contribution in [1.29, 1.82) is 0 Å². The van der Waals surface area contributed by atoms with Gasteiger partial charge in [-0.05, 0) is 36.2 Å². The molecule has 0 saturated carbocycles. The van der Waals surface area contributed by atoms with E-state index in [1.165, 1.54) is 5.56 Å². The van der Waals surface area contributed by atoms with Crippen molar-refractivity contribution < 1.29 is 4.42 Å². The van der Waals surface area contributed by atoms with E-state index in [1.54, 1.807) is 12.1 Å². The van der Waals surface area contributed by atoms with Crippen LogP contribution in [0.25, 0.3) is 0 Å². The van der Waals surface area contributed by atoms with Crippen molar-refractivity contribution in [3.8, 4) is 0 Å². The highest BCUT2D eigenvalue weighted by Crippen LogP contribution is 2.23. The van der Waals surface area contributed by atoms with Gasteiger partial charge in [0.25, 0.3) is 0 Å². The lowest BCUT2D eigenvalue weighted by Gasteiger charge is -2.08. The summed E-state index contributed by atoms with van der Waals surface area (Å²) in [7, 11) is 0. The zero-order valence-corrected chi connectivity index (χ0v) is 9.16. The molecule has 0 aliphatic heterocycles. The van der Waals surface area contributed by atoms with E-state index < -0.39 is 0 Å². The molecule has 2 aromatic rings. The Bertz CT molecular complexity index is 447. The van der Waals surface area contributed by atoms with E-state index in [2.05, 4.69) is 0 Å². The van der Waals surface area contributed by atoms with Crippen LogP contribution in [0.2, 0.25) is 5.22 Å². The number of hydrogen-bond donors (Lipinski definition) is 1. The lowest BCUT2D eigenvalue weighted by atomic mass is 10.0. The van der Waals surface area contributed by atoms with Crippen LogP contribution in [-0.4, -0.2) is 0 Å². The van der Waals surface area contributed by atoms with Crippen molar-refractivity contribution in [2.45, 2.75) is 13.0 Å². The highest BCUT2D eigenvalue weighted by atomic mass is 35.5. The first-order valence-corrected chi connectivity index (χ1v) is 5.12. The number of hydrogen-bond acceptors (Lipinski definition) is 2. The molecule has 0 spiro atoms. The SMILES string of the molecule is Cc1ccc(C(N)c2ccc(Cl)o2)cc1. The van der Waals surface area contributed by atoms with E-state index in [1.807, 2.05) is 31.2 Å². The lowest BCUT2D eigenvalue weighted by molar-refractivity contribution is 0.491. The second-order valence-electron chi connectivity index (χ2n) is 3.53. The molecular weight excluding hydrogens is 210 g/mol. The number of nitrogens with two attached hydrogens (primary N) is 1. The topological polar surface area (TPSA) is 39.2 Å². The van der Waals surface area contributed by atoms with Crippen molar-refractivity contribution in [1.82, 2.24) is 0 Å². The van der Waals surface area contributed by atoms with Crippen molar-refractivity contribution in [3.05, 3.63) is 58.5 Å². The molecule has 2 N–H and O–H groups in total. The maximum atomic E-state index is 6.03. The van der Waals surface area contributed by atoms with Crippen molar-refractivity contribution >= 4 is 11.6 Å². The summed E-state index contributed by atoms with van der Waals surface area (Å²) in [6, 6.07) is 11.3. The van der Waals surface area contributed by atoms with Crippen LogP contribution in [0.1, 0.15) is 22.9 Å². The number of benzene rings is 1. The Balaban J connectivity index is 2.28. The molecule has 1 heterocycles. The minimum atomic E-state index is -0.252. The van der Waals surface area contributed by atoms with Crippen LogP contribution in [0.15, 0.2) is 40.8 Å². The molecule has 0 fully saturated rings. The zero-order chi connectivity index (χ0) is 10.8. The van der Waals surface area contributed by atoms with Crippen molar-refractivity contribution in [3.63, 3.8) is 0 Å². The third kappa shape index (κ3) is 2.22. The highest BCUT2D eigenvalue weighted by Gasteiger charge is 2.12. The molecule has 0 bridgehead atoms. The van der Waals surface area contributed by atoms with E-state index in [0.717, 1.165) is 5.56 Å². The third-order valence-electron chi connectivity index (χ3n) is 2.34. The van der Waals surface area contributed by atoms with Gasteiger partial charge >= 0.3 is 0 Å². The molecule has 1 aromatic heterocycles. The third-order valence-corrected chi connectivity index (χ3v) is 2.54. The Morgan fingerprint density at radius 2 is 1.80 bits per heavy atom. The summed E-state index contributed by atoms with van der Waals surface area (Å²) >= 11 is 5.69. The predicted molar refractivity (Wildman–Crippen MR) is 60.9 cm³/mol. The largest absolute Gasteiger partial charge is 0.448 e. The molecule has 0 aliphatic rings. The van der Waals surface area contributed by atoms with E-state index in [-0.39, 0.29) is 6.04 Å². The van der Waals surface area contributed by atoms with Gasteiger partial charge in [-0.3, -0.25) is 0 Å². The molecule has 3 heteroatoms. The normalized spacial score (nSPS) is 12.7. The molecule has 1 unspecified atom stereocenters. The van der Waals surface area contributed by atoms with Gasteiger partial charge in [0, 0.05) is 0 Å². The second-order valence-corrected chi connectivity index (χ2v) is 3.90. The molecule has 78 valence electrons. The van der Waals surface area contributed by atoms with Gasteiger partial charge < -0.3 is 10.2 Å². The second kappa shape index (κ2) is 4.09. The average Bonchev–Trinajstić information content (AvgIpc) is 2.65. The molecule has 2 nitrogen and oxygen atoms in total. The molecule has 0 aliphatic carbocycles. The van der Waals surface area contributed by atoms with Gasteiger partial charge in [0.2, 0.25) is 0 Å². The first-order valence-electron chi connectivity index (χ1n) is 4.74. The van der Waals surface area contributed by atoms with Crippen LogP contribution in [0.5, 0.6) is 0 Å². The minimum absolute atomic E-state index is 0.252. The summed E-state index contributed by atoms with van der Waals surface area (Å²) in [5.74, 6) is 0.684. The average molecular weight is 222 g/mol. The molecule has 0 amide bonds. The van der Waals surface area contributed by atoms with Crippen molar-refractivity contribution in [2.24, 2.45) is 5.73 Å². The van der Waals surface area contributed by atoms with Gasteiger partial charge in [0.1, 0.15) is 5.76 Å². The number of aryl methyl sites for hydroxylation is 1. The molecule has 2 rings (SSSR count). The standard InChI is InChI=1S/C12H12ClNO/c1-8-2-4-9(5-3-8)12(14)10-6-7-11(13)15-10/h2-7,12H,14H2,1H3. The van der Waals surface area contributed by atoms with Gasteiger partial charge in [-0.2, -0.15) is 0 Å². The maximum Gasteiger partial charge on any atom is 0.193 e. The fourth-order valence-electron chi connectivity index (χ4n) is 1.43. The highest BCUT2D eigenvalue weighted by molar-refractivity contribution is 6.28. The fraction of sp³-hybridized carbons (Fsp3) is 0.167. The van der Waals surface area contributed by atoms with Gasteiger partial charge in [-0.1, -0.05) is 29.8 Å². The first-order chi connectivity index (χ1) is 7.16. The molecule has 0 saturated heterocycles. The van der Waals surface area contributed by atoms with E-state index in [4.69, 9.17) is 21.8 Å². The smallest absolute Gasteiger partial charge is 0.193 e. The van der Waals surface area contributed by atoms with E-state index >= 15 is 0 Å². The van der Waals surface area contributed by atoms with Crippen LogP contribution in [0.4, 0.5) is 0 Å². The number of halogens is 1. The summed E-state index contributed by atoms with van der Waals surface area (Å²) in [5, 5.41) is 0.368.